The van der Waals surface area contributed by atoms with E-state index in [-0.39, 0.29) is 18.4 Å². The predicted molar refractivity (Wildman–Crippen MR) is 147 cm³/mol. The molecule has 0 radical (unpaired) electrons. The summed E-state index contributed by atoms with van der Waals surface area (Å²) in [6, 6.07) is 16.3. The molecule has 2 aliphatic rings. The van der Waals surface area contributed by atoms with Crippen LogP contribution in [0.4, 0.5) is 5.82 Å². The van der Waals surface area contributed by atoms with Crippen molar-refractivity contribution < 1.29 is 9.90 Å². The molecular weight excluding hydrogens is 468 g/mol. The van der Waals surface area contributed by atoms with E-state index in [4.69, 9.17) is 4.98 Å². The van der Waals surface area contributed by atoms with Crippen molar-refractivity contribution in [2.75, 3.05) is 57.3 Å². The van der Waals surface area contributed by atoms with Crippen LogP contribution in [0, 0.1) is 5.92 Å². The van der Waals surface area contributed by atoms with Crippen LogP contribution < -0.4 is 4.90 Å². The first-order valence-corrected chi connectivity index (χ1v) is 13.8. The van der Waals surface area contributed by atoms with Gasteiger partial charge in [-0.05, 0) is 47.9 Å². The highest BCUT2D eigenvalue weighted by Gasteiger charge is 2.28. The lowest BCUT2D eigenvalue weighted by Gasteiger charge is -2.36. The molecule has 2 aromatic heterocycles. The summed E-state index contributed by atoms with van der Waals surface area (Å²) in [4.78, 5) is 25.3. The molecule has 6 nitrogen and oxygen atoms in total. The number of aliphatic hydroxyl groups excluding tert-OH is 1. The van der Waals surface area contributed by atoms with Crippen LogP contribution in [0.5, 0.6) is 0 Å². The predicted octanol–water partition coefficient (Wildman–Crippen LogP) is 4.49. The van der Waals surface area contributed by atoms with Crippen molar-refractivity contribution in [1.29, 1.82) is 0 Å². The van der Waals surface area contributed by atoms with Crippen LogP contribution in [0.3, 0.4) is 0 Å². The number of carbonyl (C=O) groups is 1. The number of piperazine rings is 1. The Bertz CT molecular complexity index is 1160. The maximum atomic E-state index is 13.7. The van der Waals surface area contributed by atoms with Crippen molar-refractivity contribution in [2.24, 2.45) is 5.92 Å². The van der Waals surface area contributed by atoms with Gasteiger partial charge in [0.2, 0.25) is 0 Å². The zero-order valence-electron chi connectivity index (χ0n) is 20.6. The highest BCUT2D eigenvalue weighted by Crippen LogP contribution is 2.30. The molecule has 5 rings (SSSR count). The van der Waals surface area contributed by atoms with Crippen LogP contribution in [0.2, 0.25) is 0 Å². The summed E-state index contributed by atoms with van der Waals surface area (Å²) >= 11 is 1.65. The number of carbonyl (C=O) groups excluding carboxylic acids is 1. The van der Waals surface area contributed by atoms with Crippen LogP contribution in [0.15, 0.2) is 65.4 Å². The first-order chi connectivity index (χ1) is 17.7. The minimum Gasteiger partial charge on any atom is -0.396 e. The van der Waals surface area contributed by atoms with E-state index in [1.165, 1.54) is 5.56 Å². The third-order valence-electron chi connectivity index (χ3n) is 7.13. The Morgan fingerprint density at radius 3 is 2.64 bits per heavy atom. The van der Waals surface area contributed by atoms with Crippen molar-refractivity contribution in [3.05, 3.63) is 76.5 Å². The quantitative estimate of drug-likeness (QED) is 0.516. The number of aliphatic hydroxyl groups is 1. The number of hydrogen-bond donors (Lipinski definition) is 1. The van der Waals surface area contributed by atoms with Gasteiger partial charge in [0.15, 0.2) is 0 Å². The SMILES string of the molecule is O=C(c1ccc(-c2ccsc2)nc1N1CCCC(CO)C1)N1CCN(CC=Cc2ccccc2)CC1. The normalized spacial score (nSPS) is 19.2. The van der Waals surface area contributed by atoms with Crippen molar-refractivity contribution >= 4 is 29.1 Å². The van der Waals surface area contributed by atoms with Crippen LogP contribution in [0.1, 0.15) is 28.8 Å². The number of pyridine rings is 1. The Labute approximate surface area is 217 Å². The van der Waals surface area contributed by atoms with Gasteiger partial charge in [0.05, 0.1) is 11.3 Å². The third-order valence-corrected chi connectivity index (χ3v) is 7.82. The molecule has 7 heteroatoms. The summed E-state index contributed by atoms with van der Waals surface area (Å²) in [5.74, 6) is 1.04. The molecule has 2 aliphatic heterocycles. The van der Waals surface area contributed by atoms with Gasteiger partial charge in [0, 0.05) is 63.4 Å². The van der Waals surface area contributed by atoms with Gasteiger partial charge >= 0.3 is 0 Å². The molecule has 4 heterocycles. The molecule has 0 aliphatic carbocycles. The second-order valence-corrected chi connectivity index (χ2v) is 10.4. The van der Waals surface area contributed by atoms with E-state index in [9.17, 15) is 9.90 Å². The van der Waals surface area contributed by atoms with Gasteiger partial charge in [-0.15, -0.1) is 0 Å². The van der Waals surface area contributed by atoms with E-state index in [0.717, 1.165) is 62.6 Å². The second-order valence-electron chi connectivity index (χ2n) is 9.62. The molecule has 0 spiro atoms. The number of anilines is 1. The lowest BCUT2D eigenvalue weighted by Crippen LogP contribution is -2.49. The van der Waals surface area contributed by atoms with E-state index in [2.05, 4.69) is 45.5 Å². The molecule has 0 saturated carbocycles. The summed E-state index contributed by atoms with van der Waals surface area (Å²) in [5, 5.41) is 13.9. The molecule has 1 unspecified atom stereocenters. The van der Waals surface area contributed by atoms with Crippen molar-refractivity contribution in [3.63, 3.8) is 0 Å². The first kappa shape index (κ1) is 24.7. The zero-order valence-corrected chi connectivity index (χ0v) is 21.4. The molecule has 1 amide bonds. The number of rotatable bonds is 7. The van der Waals surface area contributed by atoms with Gasteiger partial charge in [0.1, 0.15) is 5.82 Å². The molecule has 1 N–H and O–H groups in total. The Hall–Kier alpha value is -3.00. The van der Waals surface area contributed by atoms with Gasteiger partial charge in [-0.1, -0.05) is 42.5 Å². The highest BCUT2D eigenvalue weighted by molar-refractivity contribution is 7.08. The maximum Gasteiger partial charge on any atom is 0.257 e. The minimum atomic E-state index is 0.0555. The van der Waals surface area contributed by atoms with Gasteiger partial charge in [-0.2, -0.15) is 11.3 Å². The minimum absolute atomic E-state index is 0.0555. The second kappa shape index (κ2) is 11.8. The van der Waals surface area contributed by atoms with Crippen molar-refractivity contribution in [3.8, 4) is 11.3 Å². The number of piperidine rings is 1. The average molecular weight is 503 g/mol. The lowest BCUT2D eigenvalue weighted by molar-refractivity contribution is 0.0650. The maximum absolute atomic E-state index is 13.7. The number of nitrogens with zero attached hydrogens (tertiary/aromatic N) is 4. The van der Waals surface area contributed by atoms with Crippen LogP contribution in [0.25, 0.3) is 17.3 Å². The molecule has 2 saturated heterocycles. The standard InChI is InChI=1S/C29H34N4O2S/c34-21-24-9-5-14-33(20-24)28-26(10-11-27(30-28)25-12-19-36-22-25)29(35)32-17-15-31(16-18-32)13-4-8-23-6-2-1-3-7-23/h1-4,6-8,10-12,19,22,24,34H,5,9,13-18,20-21H2. The number of amides is 1. The van der Waals surface area contributed by atoms with Crippen LogP contribution >= 0.6 is 11.3 Å². The summed E-state index contributed by atoms with van der Waals surface area (Å²) in [7, 11) is 0. The Morgan fingerprint density at radius 1 is 1.06 bits per heavy atom. The molecule has 3 aromatic rings. The topological polar surface area (TPSA) is 59.9 Å². The van der Waals surface area contributed by atoms with E-state index in [1.54, 1.807) is 11.3 Å². The Morgan fingerprint density at radius 2 is 1.89 bits per heavy atom. The largest absolute Gasteiger partial charge is 0.396 e. The van der Waals surface area contributed by atoms with Gasteiger partial charge < -0.3 is 14.9 Å². The fourth-order valence-electron chi connectivity index (χ4n) is 5.04. The smallest absolute Gasteiger partial charge is 0.257 e. The van der Waals surface area contributed by atoms with Gasteiger partial charge in [-0.25, -0.2) is 4.98 Å². The van der Waals surface area contributed by atoms with E-state index in [0.29, 0.717) is 18.7 Å². The monoisotopic (exact) mass is 502 g/mol. The van der Waals surface area contributed by atoms with Crippen LogP contribution in [-0.4, -0.2) is 78.2 Å². The first-order valence-electron chi connectivity index (χ1n) is 12.8. The summed E-state index contributed by atoms with van der Waals surface area (Å²) < 4.78 is 0. The summed E-state index contributed by atoms with van der Waals surface area (Å²) in [6.07, 6.45) is 6.37. The molecule has 188 valence electrons. The Kier molecular flexibility index (Phi) is 8.11. The Balaban J connectivity index is 1.28. The summed E-state index contributed by atoms with van der Waals surface area (Å²) in [6.45, 7) is 5.79. The molecule has 0 bridgehead atoms. The third kappa shape index (κ3) is 5.86. The zero-order chi connectivity index (χ0) is 24.7. The number of benzene rings is 1. The van der Waals surface area contributed by atoms with Crippen LogP contribution in [-0.2, 0) is 0 Å². The van der Waals surface area contributed by atoms with Gasteiger partial charge in [-0.3, -0.25) is 9.69 Å². The van der Waals surface area contributed by atoms with E-state index in [1.807, 2.05) is 40.6 Å². The van der Waals surface area contributed by atoms with Gasteiger partial charge in [0.25, 0.3) is 5.91 Å². The molecule has 1 aromatic carbocycles. The molecule has 1 atom stereocenters. The highest BCUT2D eigenvalue weighted by atomic mass is 32.1. The van der Waals surface area contributed by atoms with E-state index < -0.39 is 0 Å². The molecule has 2 fully saturated rings. The molecular formula is C29H34N4O2S. The summed E-state index contributed by atoms with van der Waals surface area (Å²) in [5.41, 5.74) is 3.85. The average Bonchev–Trinajstić information content (AvgIpc) is 3.49. The van der Waals surface area contributed by atoms with Crippen molar-refractivity contribution in [2.45, 2.75) is 12.8 Å². The van der Waals surface area contributed by atoms with E-state index >= 15 is 0 Å². The van der Waals surface area contributed by atoms with Crippen molar-refractivity contribution in [1.82, 2.24) is 14.8 Å². The fourth-order valence-corrected chi connectivity index (χ4v) is 5.69. The number of thiophene rings is 1. The number of hydrogen-bond acceptors (Lipinski definition) is 6. The fraction of sp³-hybridized carbons (Fsp3) is 0.379. The number of aromatic nitrogens is 1. The lowest BCUT2D eigenvalue weighted by atomic mass is 9.98. The molecule has 36 heavy (non-hydrogen) atoms.